The van der Waals surface area contributed by atoms with Gasteiger partial charge in [-0.25, -0.2) is 4.79 Å². The second-order valence-corrected chi connectivity index (χ2v) is 8.71. The summed E-state index contributed by atoms with van der Waals surface area (Å²) >= 11 is 0. The highest BCUT2D eigenvalue weighted by atomic mass is 16.5. The van der Waals surface area contributed by atoms with Gasteiger partial charge in [0.05, 0.1) is 5.41 Å². The Morgan fingerprint density at radius 3 is 2.15 bits per heavy atom. The van der Waals surface area contributed by atoms with Crippen LogP contribution in [0, 0.1) is 5.41 Å². The third-order valence-electron chi connectivity index (χ3n) is 6.42. The van der Waals surface area contributed by atoms with E-state index in [0.717, 1.165) is 0 Å². The molecule has 1 atom stereocenters. The second-order valence-electron chi connectivity index (χ2n) is 8.71. The molecule has 0 bridgehead atoms. The molecule has 2 aromatic rings. The predicted octanol–water partition coefficient (Wildman–Crippen LogP) is 4.31. The fraction of sp³-hybridized carbons (Fsp3) is 0.423. The molecule has 2 aromatic carbocycles. The van der Waals surface area contributed by atoms with Crippen molar-refractivity contribution in [3.63, 3.8) is 0 Å². The number of carboxylic acids is 1. The molecule has 3 N–H and O–H groups in total. The van der Waals surface area contributed by atoms with Crippen LogP contribution in [0.5, 0.6) is 0 Å². The lowest BCUT2D eigenvalue weighted by Crippen LogP contribution is -2.40. The lowest BCUT2D eigenvalue weighted by atomic mass is 9.87. The second kappa shape index (κ2) is 11.0. The Kier molecular flexibility index (Phi) is 8.09. The van der Waals surface area contributed by atoms with Crippen LogP contribution in [0.1, 0.15) is 56.6 Å². The molecule has 2 amide bonds. The fourth-order valence-electron chi connectivity index (χ4n) is 3.98. The number of ether oxygens (including phenoxy) is 1. The number of aliphatic carboxylic acids is 1. The first-order valence-corrected chi connectivity index (χ1v) is 11.4. The van der Waals surface area contributed by atoms with Gasteiger partial charge < -0.3 is 20.5 Å². The molecule has 176 valence electrons. The van der Waals surface area contributed by atoms with E-state index in [2.05, 4.69) is 34.9 Å². The molecule has 3 rings (SSSR count). The maximum Gasteiger partial charge on any atom is 0.407 e. The van der Waals surface area contributed by atoms with Crippen molar-refractivity contribution < 1.29 is 24.2 Å². The van der Waals surface area contributed by atoms with Crippen molar-refractivity contribution in [2.75, 3.05) is 19.7 Å². The minimum Gasteiger partial charge on any atom is -0.481 e. The number of fused-ring (bicyclic) bond motifs is 3. The quantitative estimate of drug-likeness (QED) is 0.441. The van der Waals surface area contributed by atoms with Crippen LogP contribution in [-0.2, 0) is 14.3 Å². The van der Waals surface area contributed by atoms with Gasteiger partial charge >= 0.3 is 12.1 Å². The van der Waals surface area contributed by atoms with Crippen LogP contribution in [0.15, 0.2) is 48.5 Å². The number of alkyl carbamates (subject to hydrolysis) is 1. The van der Waals surface area contributed by atoms with Crippen LogP contribution >= 0.6 is 0 Å². The molecule has 0 aliphatic heterocycles. The zero-order chi connectivity index (χ0) is 23.8. The number of benzene rings is 2. The molecule has 1 aliphatic carbocycles. The summed E-state index contributed by atoms with van der Waals surface area (Å²) in [4.78, 5) is 35.4. The van der Waals surface area contributed by atoms with E-state index >= 15 is 0 Å². The van der Waals surface area contributed by atoms with E-state index < -0.39 is 17.5 Å². The van der Waals surface area contributed by atoms with Crippen molar-refractivity contribution in [1.29, 1.82) is 0 Å². The fourth-order valence-corrected chi connectivity index (χ4v) is 3.98. The van der Waals surface area contributed by atoms with Crippen LogP contribution in [0.2, 0.25) is 0 Å². The molecule has 0 spiro atoms. The Hall–Kier alpha value is -3.35. The molecule has 33 heavy (non-hydrogen) atoms. The van der Waals surface area contributed by atoms with E-state index in [-0.39, 0.29) is 31.4 Å². The minimum atomic E-state index is -0.957. The number of unbranched alkanes of at least 4 members (excludes halogenated alkanes) is 1. The standard InChI is InChI=1S/C26H32N2O5/c1-3-26(2,24(30)31)17-28-23(29)14-8-9-15-27-25(32)33-16-22-20-12-6-4-10-18(20)19-11-5-7-13-21(19)22/h4-7,10-13,22H,3,8-9,14-17H2,1-2H3,(H,27,32)(H,28,29)(H,30,31). The van der Waals surface area contributed by atoms with E-state index in [1.54, 1.807) is 13.8 Å². The van der Waals surface area contributed by atoms with Gasteiger partial charge in [-0.3, -0.25) is 9.59 Å². The molecular formula is C26H32N2O5. The number of hydrogen-bond acceptors (Lipinski definition) is 4. The Morgan fingerprint density at radius 1 is 0.970 bits per heavy atom. The molecule has 1 unspecified atom stereocenters. The third-order valence-corrected chi connectivity index (χ3v) is 6.42. The highest BCUT2D eigenvalue weighted by molar-refractivity contribution is 5.79. The molecule has 0 saturated carbocycles. The van der Waals surface area contributed by atoms with Gasteiger partial charge in [-0.1, -0.05) is 55.5 Å². The zero-order valence-corrected chi connectivity index (χ0v) is 19.2. The highest BCUT2D eigenvalue weighted by Crippen LogP contribution is 2.44. The number of carbonyl (C=O) groups is 3. The van der Waals surface area contributed by atoms with E-state index in [4.69, 9.17) is 4.74 Å². The summed E-state index contributed by atoms with van der Waals surface area (Å²) in [6.45, 7) is 4.19. The van der Waals surface area contributed by atoms with Crippen LogP contribution in [0.25, 0.3) is 11.1 Å². The van der Waals surface area contributed by atoms with Crippen LogP contribution in [0.3, 0.4) is 0 Å². The smallest absolute Gasteiger partial charge is 0.407 e. The molecule has 0 aromatic heterocycles. The average molecular weight is 453 g/mol. The van der Waals surface area contributed by atoms with Gasteiger partial charge in [0.2, 0.25) is 5.91 Å². The van der Waals surface area contributed by atoms with Gasteiger partial charge in [-0.15, -0.1) is 0 Å². The summed E-state index contributed by atoms with van der Waals surface area (Å²) < 4.78 is 5.49. The highest BCUT2D eigenvalue weighted by Gasteiger charge is 2.31. The van der Waals surface area contributed by atoms with Crippen LogP contribution in [-0.4, -0.2) is 42.8 Å². The maximum atomic E-state index is 12.2. The lowest BCUT2D eigenvalue weighted by Gasteiger charge is -2.23. The SMILES string of the molecule is CCC(C)(CNC(=O)CCCCNC(=O)OCC1c2ccccc2-c2ccccc21)C(=O)O. The molecule has 1 aliphatic rings. The average Bonchev–Trinajstić information content (AvgIpc) is 3.14. The van der Waals surface area contributed by atoms with E-state index in [1.807, 2.05) is 24.3 Å². The minimum absolute atomic E-state index is 0.0199. The number of nitrogens with one attached hydrogen (secondary N) is 2. The van der Waals surface area contributed by atoms with Crippen molar-refractivity contribution in [3.05, 3.63) is 59.7 Å². The predicted molar refractivity (Wildman–Crippen MR) is 126 cm³/mol. The first kappa shape index (κ1) is 24.3. The zero-order valence-electron chi connectivity index (χ0n) is 19.2. The first-order chi connectivity index (χ1) is 15.9. The monoisotopic (exact) mass is 452 g/mol. The molecule has 0 fully saturated rings. The summed E-state index contributed by atoms with van der Waals surface area (Å²) in [5.41, 5.74) is 3.74. The Bertz CT molecular complexity index is 960. The molecule has 7 nitrogen and oxygen atoms in total. The van der Waals surface area contributed by atoms with Crippen molar-refractivity contribution in [2.45, 2.75) is 45.4 Å². The molecule has 7 heteroatoms. The van der Waals surface area contributed by atoms with Crippen molar-refractivity contribution in [3.8, 4) is 11.1 Å². The van der Waals surface area contributed by atoms with Crippen molar-refractivity contribution >= 4 is 18.0 Å². The van der Waals surface area contributed by atoms with Gasteiger partial charge in [0.25, 0.3) is 0 Å². The number of carbonyl (C=O) groups excluding carboxylic acids is 2. The Morgan fingerprint density at radius 2 is 1.58 bits per heavy atom. The summed E-state index contributed by atoms with van der Waals surface area (Å²) in [5.74, 6) is -1.08. The van der Waals surface area contributed by atoms with Gasteiger partial charge in [0, 0.05) is 25.4 Å². The van der Waals surface area contributed by atoms with Gasteiger partial charge in [-0.2, -0.15) is 0 Å². The molecular weight excluding hydrogens is 420 g/mol. The normalized spacial score (nSPS) is 14.0. The molecule has 0 saturated heterocycles. The van der Waals surface area contributed by atoms with Gasteiger partial charge in [-0.05, 0) is 48.4 Å². The van der Waals surface area contributed by atoms with E-state index in [9.17, 15) is 19.5 Å². The lowest BCUT2D eigenvalue weighted by molar-refractivity contribution is -0.148. The maximum absolute atomic E-state index is 12.2. The van der Waals surface area contributed by atoms with E-state index in [0.29, 0.717) is 25.8 Å². The Balaban J connectivity index is 1.36. The Labute approximate surface area is 194 Å². The molecule has 0 heterocycles. The summed E-state index contributed by atoms with van der Waals surface area (Å²) in [5, 5.41) is 14.7. The molecule has 0 radical (unpaired) electrons. The third kappa shape index (κ3) is 5.92. The number of rotatable bonds is 11. The topological polar surface area (TPSA) is 105 Å². The number of hydrogen-bond donors (Lipinski definition) is 3. The van der Waals surface area contributed by atoms with Crippen molar-refractivity contribution in [2.24, 2.45) is 5.41 Å². The largest absolute Gasteiger partial charge is 0.481 e. The summed E-state index contributed by atoms with van der Waals surface area (Å²) in [6, 6.07) is 16.4. The van der Waals surface area contributed by atoms with Crippen LogP contribution < -0.4 is 10.6 Å². The summed E-state index contributed by atoms with van der Waals surface area (Å²) in [6.07, 6.45) is 1.47. The van der Waals surface area contributed by atoms with Crippen molar-refractivity contribution in [1.82, 2.24) is 10.6 Å². The van der Waals surface area contributed by atoms with Gasteiger partial charge in [0.15, 0.2) is 0 Å². The van der Waals surface area contributed by atoms with Gasteiger partial charge in [0.1, 0.15) is 6.61 Å². The van der Waals surface area contributed by atoms with E-state index in [1.165, 1.54) is 22.3 Å². The number of amides is 2. The first-order valence-electron chi connectivity index (χ1n) is 11.4. The van der Waals surface area contributed by atoms with Crippen LogP contribution in [0.4, 0.5) is 4.79 Å². The number of carboxylic acid groups (broad SMARTS) is 1. The summed E-state index contributed by atoms with van der Waals surface area (Å²) in [7, 11) is 0.